The predicted molar refractivity (Wildman–Crippen MR) is 75.2 cm³/mol. The van der Waals surface area contributed by atoms with Gasteiger partial charge in [0.15, 0.2) is 0 Å². The number of carbonyl (C=O) groups excluding carboxylic acids is 1. The van der Waals surface area contributed by atoms with Crippen LogP contribution in [0.2, 0.25) is 0 Å². The highest BCUT2D eigenvalue weighted by Gasteiger charge is 2.37. The van der Waals surface area contributed by atoms with Gasteiger partial charge in [-0.15, -0.1) is 0 Å². The third-order valence-corrected chi connectivity index (χ3v) is 4.44. The van der Waals surface area contributed by atoms with E-state index in [9.17, 15) is 4.79 Å². The van der Waals surface area contributed by atoms with Crippen molar-refractivity contribution >= 4 is 5.91 Å². The minimum atomic E-state index is 0.190. The van der Waals surface area contributed by atoms with Crippen molar-refractivity contribution in [1.82, 2.24) is 14.8 Å². The zero-order valence-electron chi connectivity index (χ0n) is 11.8. The van der Waals surface area contributed by atoms with Gasteiger partial charge in [0, 0.05) is 31.4 Å². The maximum absolute atomic E-state index is 12.7. The topological polar surface area (TPSA) is 37.3 Å². The highest BCUT2D eigenvalue weighted by atomic mass is 16.2. The molecule has 104 valence electrons. The number of likely N-dealkylation sites (tertiary alicyclic amines) is 1. The van der Waals surface area contributed by atoms with Crippen molar-refractivity contribution in [2.45, 2.75) is 38.8 Å². The fourth-order valence-electron chi connectivity index (χ4n) is 3.40. The first-order chi connectivity index (χ1) is 9.16. The first-order valence-electron chi connectivity index (χ1n) is 7.36. The molecule has 3 heterocycles. The largest absolute Gasteiger partial charge is 0.341 e. The van der Waals surface area contributed by atoms with Crippen LogP contribution in [0.5, 0.6) is 0 Å². The molecule has 0 aliphatic carbocycles. The van der Waals surface area contributed by atoms with Crippen LogP contribution >= 0.6 is 0 Å². The Morgan fingerprint density at radius 2 is 2.26 bits per heavy atom. The maximum Gasteiger partial charge on any atom is 0.270 e. The highest BCUT2D eigenvalue weighted by Crippen LogP contribution is 2.26. The van der Waals surface area contributed by atoms with E-state index in [1.807, 2.05) is 23.2 Å². The zero-order valence-corrected chi connectivity index (χ0v) is 11.8. The van der Waals surface area contributed by atoms with E-state index in [0.717, 1.165) is 25.3 Å². The van der Waals surface area contributed by atoms with Gasteiger partial charge in [-0.3, -0.25) is 4.79 Å². The molecule has 3 rings (SSSR count). The molecule has 1 amide bonds. The summed E-state index contributed by atoms with van der Waals surface area (Å²) in [6.45, 7) is 7.11. The van der Waals surface area contributed by atoms with Crippen LogP contribution in [0.3, 0.4) is 0 Å². The number of rotatable bonds is 2. The summed E-state index contributed by atoms with van der Waals surface area (Å²) in [4.78, 5) is 14.7. The Bertz CT molecular complexity index is 452. The molecule has 4 heteroatoms. The molecule has 2 saturated heterocycles. The minimum absolute atomic E-state index is 0.190. The molecule has 0 radical (unpaired) electrons. The van der Waals surface area contributed by atoms with Crippen molar-refractivity contribution in [3.8, 4) is 0 Å². The van der Waals surface area contributed by atoms with Crippen LogP contribution < -0.4 is 5.32 Å². The molecule has 19 heavy (non-hydrogen) atoms. The molecule has 0 spiro atoms. The summed E-state index contributed by atoms with van der Waals surface area (Å²) < 4.78 is 2.07. The second-order valence-electron chi connectivity index (χ2n) is 6.07. The summed E-state index contributed by atoms with van der Waals surface area (Å²) in [5.74, 6) is 0.843. The monoisotopic (exact) mass is 261 g/mol. The van der Waals surface area contributed by atoms with Crippen LogP contribution in [0.25, 0.3) is 0 Å². The van der Waals surface area contributed by atoms with Gasteiger partial charge >= 0.3 is 0 Å². The quantitative estimate of drug-likeness (QED) is 0.883. The number of aromatic nitrogens is 1. The zero-order chi connectivity index (χ0) is 13.4. The summed E-state index contributed by atoms with van der Waals surface area (Å²) in [6.07, 6.45) is 4.50. The molecular formula is C15H23N3O. The van der Waals surface area contributed by atoms with Gasteiger partial charge in [0.1, 0.15) is 5.69 Å². The average molecular weight is 261 g/mol. The van der Waals surface area contributed by atoms with Gasteiger partial charge in [0.05, 0.1) is 0 Å². The molecule has 1 aromatic rings. The third-order valence-electron chi connectivity index (χ3n) is 4.44. The predicted octanol–water partition coefficient (Wildman–Crippen LogP) is 1.89. The van der Waals surface area contributed by atoms with Crippen LogP contribution in [0.4, 0.5) is 0 Å². The number of hydrogen-bond acceptors (Lipinski definition) is 2. The van der Waals surface area contributed by atoms with E-state index in [1.54, 1.807) is 0 Å². The van der Waals surface area contributed by atoms with Crippen molar-refractivity contribution in [3.05, 3.63) is 24.0 Å². The van der Waals surface area contributed by atoms with E-state index in [-0.39, 0.29) is 5.91 Å². The molecule has 0 unspecified atom stereocenters. The first-order valence-corrected chi connectivity index (χ1v) is 7.36. The molecular weight excluding hydrogens is 238 g/mol. The fraction of sp³-hybridized carbons (Fsp3) is 0.667. The van der Waals surface area contributed by atoms with Crippen LogP contribution in [-0.4, -0.2) is 41.1 Å². The van der Waals surface area contributed by atoms with Crippen LogP contribution in [0, 0.1) is 5.92 Å². The van der Waals surface area contributed by atoms with Gasteiger partial charge in [-0.05, 0) is 51.3 Å². The van der Waals surface area contributed by atoms with Gasteiger partial charge in [-0.25, -0.2) is 0 Å². The number of piperidine rings is 1. The maximum atomic E-state index is 12.7. The molecule has 1 N–H and O–H groups in total. The summed E-state index contributed by atoms with van der Waals surface area (Å²) >= 11 is 0. The van der Waals surface area contributed by atoms with E-state index in [2.05, 4.69) is 23.7 Å². The number of hydrogen-bond donors (Lipinski definition) is 1. The van der Waals surface area contributed by atoms with Gasteiger partial charge in [0.2, 0.25) is 0 Å². The summed E-state index contributed by atoms with van der Waals surface area (Å²) in [5.41, 5.74) is 0.827. The molecule has 2 aliphatic heterocycles. The number of nitrogens with zero attached hydrogens (tertiary/aromatic N) is 2. The number of carbonyl (C=O) groups is 1. The number of nitrogens with one attached hydrogen (secondary N) is 1. The first kappa shape index (κ1) is 12.7. The van der Waals surface area contributed by atoms with E-state index >= 15 is 0 Å². The second-order valence-corrected chi connectivity index (χ2v) is 6.07. The van der Waals surface area contributed by atoms with Gasteiger partial charge < -0.3 is 14.8 Å². The van der Waals surface area contributed by atoms with E-state index < -0.39 is 0 Å². The number of amides is 1. The molecule has 2 fully saturated rings. The van der Waals surface area contributed by atoms with Crippen molar-refractivity contribution in [1.29, 1.82) is 0 Å². The minimum Gasteiger partial charge on any atom is -0.341 e. The lowest BCUT2D eigenvalue weighted by Gasteiger charge is -2.24. The van der Waals surface area contributed by atoms with Crippen LogP contribution in [0.15, 0.2) is 18.3 Å². The lowest BCUT2D eigenvalue weighted by molar-refractivity contribution is 0.0773. The standard InChI is InChI=1S/C15H23N3O/c1-11(2)18-8-4-6-14(18)15(19)17-9-12-5-3-7-16-13(12)10-17/h4,6,8,11-13,16H,3,5,7,9-10H2,1-2H3/t12-,13+/m0/s1. The Labute approximate surface area is 114 Å². The van der Waals surface area contributed by atoms with Crippen molar-refractivity contribution < 1.29 is 4.79 Å². The van der Waals surface area contributed by atoms with Crippen molar-refractivity contribution in [2.24, 2.45) is 5.92 Å². The van der Waals surface area contributed by atoms with E-state index in [4.69, 9.17) is 0 Å². The molecule has 1 aromatic heterocycles. The molecule has 2 aliphatic rings. The lowest BCUT2D eigenvalue weighted by Crippen LogP contribution is -2.41. The van der Waals surface area contributed by atoms with Crippen molar-refractivity contribution in [3.63, 3.8) is 0 Å². The third kappa shape index (κ3) is 2.29. The molecule has 2 atom stereocenters. The fourth-order valence-corrected chi connectivity index (χ4v) is 3.40. The van der Waals surface area contributed by atoms with Crippen LogP contribution in [-0.2, 0) is 0 Å². The van der Waals surface area contributed by atoms with Gasteiger partial charge in [0.25, 0.3) is 5.91 Å². The van der Waals surface area contributed by atoms with Crippen molar-refractivity contribution in [2.75, 3.05) is 19.6 Å². The smallest absolute Gasteiger partial charge is 0.270 e. The van der Waals surface area contributed by atoms with Gasteiger partial charge in [-0.1, -0.05) is 0 Å². The summed E-state index contributed by atoms with van der Waals surface area (Å²) in [7, 11) is 0. The van der Waals surface area contributed by atoms with E-state index in [1.165, 1.54) is 12.8 Å². The normalized spacial score (nSPS) is 26.8. The Hall–Kier alpha value is -1.29. The molecule has 4 nitrogen and oxygen atoms in total. The summed E-state index contributed by atoms with van der Waals surface area (Å²) in [5, 5.41) is 3.55. The lowest BCUT2D eigenvalue weighted by atomic mass is 9.94. The number of fused-ring (bicyclic) bond motifs is 1. The van der Waals surface area contributed by atoms with E-state index in [0.29, 0.717) is 18.0 Å². The Balaban J connectivity index is 1.76. The highest BCUT2D eigenvalue weighted by molar-refractivity contribution is 5.93. The molecule has 0 bridgehead atoms. The SMILES string of the molecule is CC(C)n1cccc1C(=O)N1C[C@@H]2CCCN[C@@H]2C1. The average Bonchev–Trinajstić information content (AvgIpc) is 3.04. The summed E-state index contributed by atoms with van der Waals surface area (Å²) in [6, 6.07) is 4.75. The Morgan fingerprint density at radius 3 is 3.00 bits per heavy atom. The van der Waals surface area contributed by atoms with Crippen LogP contribution in [0.1, 0.15) is 43.2 Å². The molecule has 0 aromatic carbocycles. The molecule has 0 saturated carbocycles. The Morgan fingerprint density at radius 1 is 1.42 bits per heavy atom. The second kappa shape index (κ2) is 5.00. The Kier molecular flexibility index (Phi) is 3.35. The van der Waals surface area contributed by atoms with Gasteiger partial charge in [-0.2, -0.15) is 0 Å².